The van der Waals surface area contributed by atoms with E-state index in [0.717, 1.165) is 36.9 Å². The van der Waals surface area contributed by atoms with Crippen molar-refractivity contribution in [1.29, 1.82) is 5.26 Å². The molecule has 1 aromatic carbocycles. The first-order valence-corrected chi connectivity index (χ1v) is 7.20. The highest BCUT2D eigenvalue weighted by molar-refractivity contribution is 5.93. The fraction of sp³-hybridized carbons (Fsp3) is 0.500. The van der Waals surface area contributed by atoms with E-state index >= 15 is 0 Å². The molecule has 0 radical (unpaired) electrons. The summed E-state index contributed by atoms with van der Waals surface area (Å²) in [6.45, 7) is 0. The number of anilines is 1. The Morgan fingerprint density at radius 3 is 2.80 bits per heavy atom. The van der Waals surface area contributed by atoms with E-state index in [-0.39, 0.29) is 17.4 Å². The van der Waals surface area contributed by atoms with Crippen molar-refractivity contribution < 1.29 is 4.79 Å². The fourth-order valence-electron chi connectivity index (χ4n) is 3.37. The van der Waals surface area contributed by atoms with Crippen LogP contribution in [0.2, 0.25) is 0 Å². The van der Waals surface area contributed by atoms with Gasteiger partial charge in [0, 0.05) is 12.1 Å². The third-order valence-electron chi connectivity index (χ3n) is 4.67. The van der Waals surface area contributed by atoms with Crippen molar-refractivity contribution in [2.24, 2.45) is 5.41 Å². The Morgan fingerprint density at radius 1 is 1.40 bits per heavy atom. The number of carbonyl (C=O) groups excluding carboxylic acids is 1. The average Bonchev–Trinajstić information content (AvgIpc) is 2.42. The summed E-state index contributed by atoms with van der Waals surface area (Å²) >= 11 is 0. The quantitative estimate of drug-likeness (QED) is 0.886. The van der Waals surface area contributed by atoms with Gasteiger partial charge in [0.05, 0.1) is 17.5 Å². The van der Waals surface area contributed by atoms with Crippen LogP contribution in [0.5, 0.6) is 0 Å². The molecule has 2 aliphatic rings. The molecule has 4 nitrogen and oxygen atoms in total. The summed E-state index contributed by atoms with van der Waals surface area (Å²) in [6.07, 6.45) is 4.38. The average molecular weight is 269 g/mol. The number of fused-ring (bicyclic) bond motifs is 1. The molecule has 0 saturated heterocycles. The van der Waals surface area contributed by atoms with Crippen LogP contribution in [0, 0.1) is 16.7 Å². The minimum absolute atomic E-state index is 0.0733. The van der Waals surface area contributed by atoms with Crippen LogP contribution in [-0.2, 0) is 11.2 Å². The molecule has 1 saturated carbocycles. The predicted molar refractivity (Wildman–Crippen MR) is 77.1 cm³/mol. The Morgan fingerprint density at radius 2 is 2.20 bits per heavy atom. The zero-order valence-corrected chi connectivity index (χ0v) is 11.7. The number of amides is 1. The van der Waals surface area contributed by atoms with Crippen LogP contribution in [0.15, 0.2) is 18.2 Å². The number of rotatable bonds is 3. The number of nitrogens with one attached hydrogen (secondary N) is 2. The number of nitriles is 1. The van der Waals surface area contributed by atoms with Crippen molar-refractivity contribution in [2.45, 2.75) is 38.1 Å². The molecule has 104 valence electrons. The maximum Gasteiger partial charge on any atom is 0.224 e. The van der Waals surface area contributed by atoms with Gasteiger partial charge in [-0.2, -0.15) is 5.26 Å². The summed E-state index contributed by atoms with van der Waals surface area (Å²) in [5.41, 5.74) is 2.99. The van der Waals surface area contributed by atoms with Crippen molar-refractivity contribution in [2.75, 3.05) is 12.4 Å². The molecule has 4 heteroatoms. The van der Waals surface area contributed by atoms with E-state index in [1.54, 1.807) is 0 Å². The van der Waals surface area contributed by atoms with Gasteiger partial charge in [0.1, 0.15) is 0 Å². The van der Waals surface area contributed by atoms with Crippen LogP contribution in [0.1, 0.15) is 42.9 Å². The summed E-state index contributed by atoms with van der Waals surface area (Å²) < 4.78 is 0. The Hall–Kier alpha value is -1.86. The molecular formula is C16H19N3O. The zero-order valence-electron chi connectivity index (χ0n) is 11.7. The van der Waals surface area contributed by atoms with Gasteiger partial charge in [-0.25, -0.2) is 0 Å². The Labute approximate surface area is 119 Å². The molecule has 1 atom stereocenters. The van der Waals surface area contributed by atoms with E-state index in [4.69, 9.17) is 0 Å². The van der Waals surface area contributed by atoms with Gasteiger partial charge >= 0.3 is 0 Å². The fourth-order valence-corrected chi connectivity index (χ4v) is 3.37. The molecule has 2 N–H and O–H groups in total. The summed E-state index contributed by atoms with van der Waals surface area (Å²) in [5.74, 6) is 0.0860. The molecule has 1 aliphatic carbocycles. The molecule has 0 bridgehead atoms. The lowest BCUT2D eigenvalue weighted by molar-refractivity contribution is -0.116. The summed E-state index contributed by atoms with van der Waals surface area (Å²) in [5, 5.41) is 15.7. The first-order valence-electron chi connectivity index (χ1n) is 7.20. The number of carbonyl (C=O) groups is 1. The van der Waals surface area contributed by atoms with Gasteiger partial charge in [-0.15, -0.1) is 0 Å². The smallest absolute Gasteiger partial charge is 0.224 e. The second-order valence-corrected chi connectivity index (χ2v) is 5.81. The van der Waals surface area contributed by atoms with E-state index in [1.807, 2.05) is 19.2 Å². The third-order valence-corrected chi connectivity index (χ3v) is 4.67. The Balaban J connectivity index is 1.94. The Bertz CT molecular complexity index is 584. The molecule has 1 aromatic rings. The number of aryl methyl sites for hydroxylation is 1. The summed E-state index contributed by atoms with van der Waals surface area (Å²) in [6, 6.07) is 8.74. The molecule has 1 heterocycles. The third kappa shape index (κ3) is 1.99. The molecular weight excluding hydrogens is 250 g/mol. The number of benzene rings is 1. The van der Waals surface area contributed by atoms with Crippen molar-refractivity contribution >= 4 is 11.6 Å². The second-order valence-electron chi connectivity index (χ2n) is 5.81. The standard InChI is InChI=1S/C16H19N3O/c1-18-15(16(10-17)7-2-8-16)12-3-5-13-11(9-12)4-6-14(20)19-13/h3,5,9,15,18H,2,4,6-8H2,1H3,(H,19,20). The molecule has 1 amide bonds. The van der Waals surface area contributed by atoms with Crippen molar-refractivity contribution in [3.8, 4) is 6.07 Å². The van der Waals surface area contributed by atoms with E-state index in [9.17, 15) is 10.1 Å². The number of hydrogen-bond acceptors (Lipinski definition) is 3. The van der Waals surface area contributed by atoms with Gasteiger partial charge in [0.2, 0.25) is 5.91 Å². The molecule has 1 unspecified atom stereocenters. The molecule has 0 aromatic heterocycles. The van der Waals surface area contributed by atoms with Gasteiger partial charge in [0.25, 0.3) is 0 Å². The number of hydrogen-bond donors (Lipinski definition) is 2. The lowest BCUT2D eigenvalue weighted by atomic mass is 9.63. The minimum atomic E-state index is -0.263. The van der Waals surface area contributed by atoms with Crippen LogP contribution in [0.25, 0.3) is 0 Å². The van der Waals surface area contributed by atoms with Gasteiger partial charge in [-0.05, 0) is 43.5 Å². The van der Waals surface area contributed by atoms with Gasteiger partial charge in [-0.1, -0.05) is 18.6 Å². The van der Waals surface area contributed by atoms with Crippen molar-refractivity contribution in [1.82, 2.24) is 5.32 Å². The van der Waals surface area contributed by atoms with Crippen LogP contribution >= 0.6 is 0 Å². The first kappa shape index (κ1) is 13.1. The molecule has 1 fully saturated rings. The maximum atomic E-state index is 11.4. The second kappa shape index (κ2) is 4.92. The highest BCUT2D eigenvalue weighted by Gasteiger charge is 2.44. The molecule has 1 aliphatic heterocycles. The maximum absolute atomic E-state index is 11.4. The van der Waals surface area contributed by atoms with Crippen molar-refractivity contribution in [3.63, 3.8) is 0 Å². The molecule has 20 heavy (non-hydrogen) atoms. The van der Waals surface area contributed by atoms with Crippen molar-refractivity contribution in [3.05, 3.63) is 29.3 Å². The topological polar surface area (TPSA) is 64.9 Å². The van der Waals surface area contributed by atoms with E-state index in [1.165, 1.54) is 5.56 Å². The SMILES string of the molecule is CNC(c1ccc2c(c1)CCC(=O)N2)C1(C#N)CCC1. The minimum Gasteiger partial charge on any atom is -0.326 e. The van der Waals surface area contributed by atoms with E-state index in [2.05, 4.69) is 22.8 Å². The number of nitrogens with zero attached hydrogens (tertiary/aromatic N) is 1. The molecule has 3 rings (SSSR count). The normalized spacial score (nSPS) is 21.1. The van der Waals surface area contributed by atoms with Crippen LogP contribution in [0.4, 0.5) is 5.69 Å². The van der Waals surface area contributed by atoms with Crippen LogP contribution in [0.3, 0.4) is 0 Å². The zero-order chi connectivity index (χ0) is 14.2. The van der Waals surface area contributed by atoms with Crippen LogP contribution in [-0.4, -0.2) is 13.0 Å². The highest BCUT2D eigenvalue weighted by Crippen LogP contribution is 2.50. The molecule has 0 spiro atoms. The Kier molecular flexibility index (Phi) is 3.23. The largest absolute Gasteiger partial charge is 0.326 e. The predicted octanol–water partition coefficient (Wildman–Crippen LogP) is 2.53. The van der Waals surface area contributed by atoms with E-state index in [0.29, 0.717) is 6.42 Å². The lowest BCUT2D eigenvalue weighted by Gasteiger charge is -2.42. The van der Waals surface area contributed by atoms with Crippen LogP contribution < -0.4 is 10.6 Å². The highest BCUT2D eigenvalue weighted by atomic mass is 16.1. The first-order chi connectivity index (χ1) is 9.68. The van der Waals surface area contributed by atoms with Gasteiger partial charge < -0.3 is 10.6 Å². The van der Waals surface area contributed by atoms with E-state index < -0.39 is 0 Å². The lowest BCUT2D eigenvalue weighted by Crippen LogP contribution is -2.41. The monoisotopic (exact) mass is 269 g/mol. The van der Waals surface area contributed by atoms with Gasteiger partial charge in [0.15, 0.2) is 0 Å². The summed E-state index contributed by atoms with van der Waals surface area (Å²) in [4.78, 5) is 11.4. The van der Waals surface area contributed by atoms with Gasteiger partial charge in [-0.3, -0.25) is 4.79 Å². The summed E-state index contributed by atoms with van der Waals surface area (Å²) in [7, 11) is 1.92.